The number of aromatic nitrogens is 2. The third-order valence-electron chi connectivity index (χ3n) is 1.97. The van der Waals surface area contributed by atoms with Gasteiger partial charge in [0.25, 0.3) is 5.88 Å². The average molecular weight is 165 g/mol. The van der Waals surface area contributed by atoms with Crippen LogP contribution in [0, 0.1) is 0 Å². The summed E-state index contributed by atoms with van der Waals surface area (Å²) < 4.78 is 4.90. The Morgan fingerprint density at radius 3 is 2.83 bits per heavy atom. The van der Waals surface area contributed by atoms with Crippen molar-refractivity contribution in [3.8, 4) is 5.88 Å². The Labute approximate surface area is 70.8 Å². The molecule has 0 aromatic carbocycles. The van der Waals surface area contributed by atoms with Crippen molar-refractivity contribution >= 4 is 5.82 Å². The molecule has 1 aromatic heterocycles. The maximum absolute atomic E-state index is 5.60. The van der Waals surface area contributed by atoms with Gasteiger partial charge in [0.2, 0.25) is 0 Å². The first-order chi connectivity index (χ1) is 5.81. The van der Waals surface area contributed by atoms with Gasteiger partial charge in [-0.05, 0) is 12.8 Å². The topological polar surface area (TPSA) is 61.0 Å². The molecule has 0 atom stereocenters. The minimum Gasteiger partial charge on any atom is -0.478 e. The largest absolute Gasteiger partial charge is 0.478 e. The van der Waals surface area contributed by atoms with E-state index in [0.29, 0.717) is 17.6 Å². The van der Waals surface area contributed by atoms with Crippen molar-refractivity contribution in [3.63, 3.8) is 0 Å². The second-order valence-corrected chi connectivity index (χ2v) is 2.96. The van der Waals surface area contributed by atoms with Crippen LogP contribution in [-0.2, 0) is 0 Å². The van der Waals surface area contributed by atoms with Crippen LogP contribution in [0.1, 0.15) is 24.5 Å². The van der Waals surface area contributed by atoms with E-state index in [9.17, 15) is 0 Å². The van der Waals surface area contributed by atoms with Gasteiger partial charge in [-0.25, -0.2) is 9.97 Å². The van der Waals surface area contributed by atoms with Crippen LogP contribution >= 0.6 is 0 Å². The molecule has 2 N–H and O–H groups in total. The fourth-order valence-electron chi connectivity index (χ4n) is 1.14. The SMILES string of the molecule is COc1ncc(C2CC2)nc1N. The van der Waals surface area contributed by atoms with Crippen molar-refractivity contribution < 1.29 is 4.74 Å². The van der Waals surface area contributed by atoms with Crippen molar-refractivity contribution in [2.75, 3.05) is 12.8 Å². The average Bonchev–Trinajstić information content (AvgIpc) is 2.86. The minimum absolute atomic E-state index is 0.391. The molecule has 0 saturated heterocycles. The normalized spacial score (nSPS) is 16.1. The molecular formula is C8H11N3O. The Morgan fingerprint density at radius 2 is 2.33 bits per heavy atom. The van der Waals surface area contributed by atoms with Gasteiger partial charge in [0.1, 0.15) is 0 Å². The molecule has 2 rings (SSSR count). The molecule has 4 nitrogen and oxygen atoms in total. The van der Waals surface area contributed by atoms with E-state index in [1.54, 1.807) is 6.20 Å². The van der Waals surface area contributed by atoms with Crippen LogP contribution in [0.4, 0.5) is 5.82 Å². The third kappa shape index (κ3) is 1.20. The zero-order chi connectivity index (χ0) is 8.55. The van der Waals surface area contributed by atoms with Crippen LogP contribution in [0.2, 0.25) is 0 Å². The predicted octanol–water partition coefficient (Wildman–Crippen LogP) is 0.945. The lowest BCUT2D eigenvalue weighted by atomic mass is 10.3. The molecule has 1 heterocycles. The predicted molar refractivity (Wildman–Crippen MR) is 45.0 cm³/mol. The summed E-state index contributed by atoms with van der Waals surface area (Å²) in [4.78, 5) is 8.24. The number of rotatable bonds is 2. The van der Waals surface area contributed by atoms with E-state index < -0.39 is 0 Å². The lowest BCUT2D eigenvalue weighted by molar-refractivity contribution is 0.398. The monoisotopic (exact) mass is 165 g/mol. The highest BCUT2D eigenvalue weighted by Crippen LogP contribution is 2.39. The molecule has 0 aliphatic heterocycles. The summed E-state index contributed by atoms with van der Waals surface area (Å²) in [5.41, 5.74) is 6.59. The maximum atomic E-state index is 5.60. The van der Waals surface area contributed by atoms with Gasteiger partial charge < -0.3 is 10.5 Å². The van der Waals surface area contributed by atoms with E-state index >= 15 is 0 Å². The molecule has 0 bridgehead atoms. The summed E-state index contributed by atoms with van der Waals surface area (Å²) in [5.74, 6) is 1.40. The molecule has 0 unspecified atom stereocenters. The highest BCUT2D eigenvalue weighted by Gasteiger charge is 2.25. The summed E-state index contributed by atoms with van der Waals surface area (Å²) in [7, 11) is 1.54. The van der Waals surface area contributed by atoms with Gasteiger partial charge in [-0.2, -0.15) is 0 Å². The summed E-state index contributed by atoms with van der Waals surface area (Å²) in [6.45, 7) is 0. The Hall–Kier alpha value is -1.32. The highest BCUT2D eigenvalue weighted by atomic mass is 16.5. The van der Waals surface area contributed by atoms with Crippen LogP contribution in [0.5, 0.6) is 5.88 Å². The Kier molecular flexibility index (Phi) is 1.60. The summed E-state index contributed by atoms with van der Waals surface area (Å²) in [6.07, 6.45) is 4.16. The number of methoxy groups -OCH3 is 1. The molecule has 0 amide bonds. The van der Waals surface area contributed by atoms with Crippen LogP contribution in [0.25, 0.3) is 0 Å². The van der Waals surface area contributed by atoms with Gasteiger partial charge in [-0.1, -0.05) is 0 Å². The zero-order valence-electron chi connectivity index (χ0n) is 6.95. The molecule has 1 aliphatic rings. The van der Waals surface area contributed by atoms with Crippen molar-refractivity contribution in [2.45, 2.75) is 18.8 Å². The van der Waals surface area contributed by atoms with E-state index in [4.69, 9.17) is 10.5 Å². The Morgan fingerprint density at radius 1 is 1.58 bits per heavy atom. The first-order valence-electron chi connectivity index (χ1n) is 3.97. The van der Waals surface area contributed by atoms with Crippen LogP contribution in [-0.4, -0.2) is 17.1 Å². The number of hydrogen-bond acceptors (Lipinski definition) is 4. The molecule has 0 radical (unpaired) electrons. The molecule has 1 fully saturated rings. The highest BCUT2D eigenvalue weighted by molar-refractivity contribution is 5.41. The summed E-state index contributed by atoms with van der Waals surface area (Å²) >= 11 is 0. The zero-order valence-corrected chi connectivity index (χ0v) is 6.95. The molecule has 12 heavy (non-hydrogen) atoms. The molecule has 0 spiro atoms. The molecule has 1 aliphatic carbocycles. The number of anilines is 1. The lowest BCUT2D eigenvalue weighted by Gasteiger charge is -2.03. The van der Waals surface area contributed by atoms with Crippen molar-refractivity contribution in [2.24, 2.45) is 0 Å². The van der Waals surface area contributed by atoms with Crippen LogP contribution in [0.15, 0.2) is 6.20 Å². The van der Waals surface area contributed by atoms with Crippen molar-refractivity contribution in [1.82, 2.24) is 9.97 Å². The molecule has 1 saturated carbocycles. The van der Waals surface area contributed by atoms with Crippen molar-refractivity contribution in [1.29, 1.82) is 0 Å². The number of nitrogens with two attached hydrogens (primary N) is 1. The van der Waals surface area contributed by atoms with Gasteiger partial charge >= 0.3 is 0 Å². The van der Waals surface area contributed by atoms with Crippen LogP contribution < -0.4 is 10.5 Å². The summed E-state index contributed by atoms with van der Waals surface area (Å²) in [6, 6.07) is 0. The van der Waals surface area contributed by atoms with E-state index in [-0.39, 0.29) is 0 Å². The van der Waals surface area contributed by atoms with Gasteiger partial charge in [0, 0.05) is 5.92 Å². The molecule has 64 valence electrons. The fraction of sp³-hybridized carbons (Fsp3) is 0.500. The summed E-state index contributed by atoms with van der Waals surface area (Å²) in [5, 5.41) is 0. The number of hydrogen-bond donors (Lipinski definition) is 1. The first kappa shape index (κ1) is 7.34. The second-order valence-electron chi connectivity index (χ2n) is 2.96. The van der Waals surface area contributed by atoms with Gasteiger partial charge in [-0.3, -0.25) is 0 Å². The Balaban J connectivity index is 2.30. The van der Waals surface area contributed by atoms with Gasteiger partial charge in [0.05, 0.1) is 19.0 Å². The maximum Gasteiger partial charge on any atom is 0.256 e. The molecule has 1 aromatic rings. The quantitative estimate of drug-likeness (QED) is 0.708. The molecular weight excluding hydrogens is 154 g/mol. The van der Waals surface area contributed by atoms with E-state index in [0.717, 1.165) is 5.69 Å². The fourth-order valence-corrected chi connectivity index (χ4v) is 1.14. The van der Waals surface area contributed by atoms with E-state index in [2.05, 4.69) is 9.97 Å². The number of nitrogens with zero attached hydrogens (tertiary/aromatic N) is 2. The second kappa shape index (κ2) is 2.62. The van der Waals surface area contributed by atoms with Crippen molar-refractivity contribution in [3.05, 3.63) is 11.9 Å². The minimum atomic E-state index is 0.391. The van der Waals surface area contributed by atoms with Crippen LogP contribution in [0.3, 0.4) is 0 Å². The van der Waals surface area contributed by atoms with Gasteiger partial charge in [0.15, 0.2) is 5.82 Å². The molecule has 4 heteroatoms. The number of ether oxygens (including phenoxy) is 1. The number of nitrogen functional groups attached to an aromatic ring is 1. The van der Waals surface area contributed by atoms with E-state index in [1.165, 1.54) is 20.0 Å². The van der Waals surface area contributed by atoms with Gasteiger partial charge in [-0.15, -0.1) is 0 Å². The third-order valence-corrected chi connectivity index (χ3v) is 1.97. The first-order valence-corrected chi connectivity index (χ1v) is 3.97. The standard InChI is InChI=1S/C8H11N3O/c1-12-8-7(9)11-6(4-10-8)5-2-3-5/h4-5H,2-3H2,1H3,(H2,9,11). The lowest BCUT2D eigenvalue weighted by Crippen LogP contribution is -2.00. The van der Waals surface area contributed by atoms with E-state index in [1.807, 2.05) is 0 Å². The Bertz CT molecular complexity index is 296. The smallest absolute Gasteiger partial charge is 0.256 e.